The van der Waals surface area contributed by atoms with Gasteiger partial charge in [0.25, 0.3) is 5.91 Å². The molecule has 0 aromatic heterocycles. The van der Waals surface area contributed by atoms with Crippen LogP contribution >= 0.6 is 0 Å². The van der Waals surface area contributed by atoms with Crippen LogP contribution in [0.5, 0.6) is 5.75 Å². The van der Waals surface area contributed by atoms with Crippen LogP contribution in [0.4, 0.5) is 0 Å². The first-order valence-electron chi connectivity index (χ1n) is 5.86. The summed E-state index contributed by atoms with van der Waals surface area (Å²) in [6, 6.07) is 6.45. The number of carboxylic acids is 1. The van der Waals surface area contributed by atoms with Gasteiger partial charge in [-0.25, -0.2) is 4.79 Å². The minimum Gasteiger partial charge on any atom is -0.491 e. The van der Waals surface area contributed by atoms with E-state index >= 15 is 0 Å². The highest BCUT2D eigenvalue weighted by molar-refractivity contribution is 5.94. The number of carboxylic acid groups (broad SMARTS) is 1. The largest absolute Gasteiger partial charge is 0.491 e. The molecule has 0 radical (unpaired) electrons. The van der Waals surface area contributed by atoms with Crippen molar-refractivity contribution in [2.75, 3.05) is 6.54 Å². The SMILES string of the molecule is CC(C)Oc1ccc(C(=O)NC[C@H](O)C(=O)O)cc1. The molecule has 1 amide bonds. The molecule has 0 saturated heterocycles. The Morgan fingerprint density at radius 3 is 2.32 bits per heavy atom. The first kappa shape index (κ1) is 15.0. The van der Waals surface area contributed by atoms with Crippen LogP contribution in [0.1, 0.15) is 24.2 Å². The van der Waals surface area contributed by atoms with Gasteiger partial charge in [0.15, 0.2) is 6.10 Å². The maximum absolute atomic E-state index is 11.6. The van der Waals surface area contributed by atoms with Gasteiger partial charge in [-0.15, -0.1) is 0 Å². The number of hydrogen-bond donors (Lipinski definition) is 3. The van der Waals surface area contributed by atoms with Gasteiger partial charge in [0.05, 0.1) is 12.6 Å². The number of carbonyl (C=O) groups is 2. The molecule has 1 atom stereocenters. The molecule has 1 rings (SSSR count). The second-order valence-electron chi connectivity index (χ2n) is 4.26. The van der Waals surface area contributed by atoms with Crippen molar-refractivity contribution >= 4 is 11.9 Å². The zero-order chi connectivity index (χ0) is 14.4. The molecule has 6 heteroatoms. The second kappa shape index (κ2) is 6.75. The van der Waals surface area contributed by atoms with Gasteiger partial charge in [0.2, 0.25) is 0 Å². The Morgan fingerprint density at radius 2 is 1.84 bits per heavy atom. The summed E-state index contributed by atoms with van der Waals surface area (Å²) in [5.74, 6) is -1.17. The van der Waals surface area contributed by atoms with E-state index in [4.69, 9.17) is 14.9 Å². The van der Waals surface area contributed by atoms with Crippen molar-refractivity contribution in [2.45, 2.75) is 26.1 Å². The first-order valence-corrected chi connectivity index (χ1v) is 5.86. The Hall–Kier alpha value is -2.08. The smallest absolute Gasteiger partial charge is 0.334 e. The number of aliphatic hydroxyl groups is 1. The normalized spacial score (nSPS) is 12.0. The van der Waals surface area contributed by atoms with Gasteiger partial charge in [-0.2, -0.15) is 0 Å². The number of hydrogen-bond acceptors (Lipinski definition) is 4. The molecule has 0 aliphatic heterocycles. The molecule has 19 heavy (non-hydrogen) atoms. The van der Waals surface area contributed by atoms with E-state index in [2.05, 4.69) is 5.32 Å². The number of ether oxygens (including phenoxy) is 1. The molecule has 6 nitrogen and oxygen atoms in total. The van der Waals surface area contributed by atoms with Crippen LogP contribution in [0.25, 0.3) is 0 Å². The molecule has 0 unspecified atom stereocenters. The number of nitrogens with one attached hydrogen (secondary N) is 1. The molecule has 1 aromatic carbocycles. The standard InChI is InChI=1S/C13H17NO5/c1-8(2)19-10-5-3-9(4-6-10)12(16)14-7-11(15)13(17)18/h3-6,8,11,15H,7H2,1-2H3,(H,14,16)(H,17,18)/t11-/m0/s1. The summed E-state index contributed by atoms with van der Waals surface area (Å²) in [5.41, 5.74) is 0.369. The monoisotopic (exact) mass is 267 g/mol. The van der Waals surface area contributed by atoms with Gasteiger partial charge < -0.3 is 20.3 Å². The molecule has 0 heterocycles. The highest BCUT2D eigenvalue weighted by Gasteiger charge is 2.14. The molecule has 0 saturated carbocycles. The first-order chi connectivity index (χ1) is 8.90. The van der Waals surface area contributed by atoms with Crippen LogP contribution in [-0.2, 0) is 4.79 Å². The van der Waals surface area contributed by atoms with E-state index in [0.29, 0.717) is 11.3 Å². The van der Waals surface area contributed by atoms with Crippen molar-refractivity contribution in [2.24, 2.45) is 0 Å². The number of aliphatic hydroxyl groups excluding tert-OH is 1. The molecule has 0 aliphatic carbocycles. The van der Waals surface area contributed by atoms with Crippen LogP contribution in [0.15, 0.2) is 24.3 Å². The molecule has 0 fully saturated rings. The molecule has 0 aliphatic rings. The molecular formula is C13H17NO5. The van der Waals surface area contributed by atoms with Crippen molar-refractivity contribution in [1.82, 2.24) is 5.32 Å². The third-order valence-electron chi connectivity index (χ3n) is 2.23. The Balaban J connectivity index is 2.55. The van der Waals surface area contributed by atoms with Crippen LogP contribution < -0.4 is 10.1 Å². The number of carbonyl (C=O) groups excluding carboxylic acids is 1. The van der Waals surface area contributed by atoms with E-state index in [9.17, 15) is 9.59 Å². The molecule has 0 spiro atoms. The summed E-state index contributed by atoms with van der Waals surface area (Å²) in [6.07, 6.45) is -1.56. The summed E-state index contributed by atoms with van der Waals surface area (Å²) >= 11 is 0. The van der Waals surface area contributed by atoms with E-state index in [1.54, 1.807) is 24.3 Å². The fourth-order valence-electron chi connectivity index (χ4n) is 1.34. The lowest BCUT2D eigenvalue weighted by Gasteiger charge is -2.10. The van der Waals surface area contributed by atoms with Crippen molar-refractivity contribution in [1.29, 1.82) is 0 Å². The third kappa shape index (κ3) is 4.97. The molecule has 3 N–H and O–H groups in total. The van der Waals surface area contributed by atoms with Crippen LogP contribution in [0, 0.1) is 0 Å². The van der Waals surface area contributed by atoms with Crippen molar-refractivity contribution in [3.63, 3.8) is 0 Å². The highest BCUT2D eigenvalue weighted by atomic mass is 16.5. The van der Waals surface area contributed by atoms with Gasteiger partial charge in [0, 0.05) is 5.56 Å². The Kier molecular flexibility index (Phi) is 5.32. The quantitative estimate of drug-likeness (QED) is 0.703. The van der Waals surface area contributed by atoms with Gasteiger partial charge in [0.1, 0.15) is 5.75 Å². The van der Waals surface area contributed by atoms with E-state index < -0.39 is 18.0 Å². The van der Waals surface area contributed by atoms with Crippen LogP contribution in [0.3, 0.4) is 0 Å². The van der Waals surface area contributed by atoms with E-state index in [1.165, 1.54) is 0 Å². The number of amides is 1. The van der Waals surface area contributed by atoms with Crippen LogP contribution in [-0.4, -0.2) is 40.8 Å². The summed E-state index contributed by atoms with van der Waals surface area (Å²) < 4.78 is 5.43. The molecule has 1 aromatic rings. The zero-order valence-electron chi connectivity index (χ0n) is 10.8. The topological polar surface area (TPSA) is 95.9 Å². The fraction of sp³-hybridized carbons (Fsp3) is 0.385. The lowest BCUT2D eigenvalue weighted by molar-refractivity contribution is -0.146. The minimum absolute atomic E-state index is 0.0467. The predicted molar refractivity (Wildman–Crippen MR) is 68.2 cm³/mol. The fourth-order valence-corrected chi connectivity index (χ4v) is 1.34. The Labute approximate surface area is 111 Å². The molecule has 104 valence electrons. The van der Waals surface area contributed by atoms with Crippen LogP contribution in [0.2, 0.25) is 0 Å². The average Bonchev–Trinajstić information content (AvgIpc) is 2.35. The number of aliphatic carboxylic acids is 1. The summed E-state index contributed by atoms with van der Waals surface area (Å²) in [6.45, 7) is 3.46. The van der Waals surface area contributed by atoms with E-state index in [0.717, 1.165) is 0 Å². The predicted octanol–water partition coefficient (Wildman–Crippen LogP) is 0.649. The Morgan fingerprint density at radius 1 is 1.26 bits per heavy atom. The lowest BCUT2D eigenvalue weighted by Crippen LogP contribution is -2.36. The second-order valence-corrected chi connectivity index (χ2v) is 4.26. The third-order valence-corrected chi connectivity index (χ3v) is 2.23. The van der Waals surface area contributed by atoms with Crippen molar-refractivity contribution in [3.05, 3.63) is 29.8 Å². The maximum Gasteiger partial charge on any atom is 0.334 e. The minimum atomic E-state index is -1.60. The number of benzene rings is 1. The van der Waals surface area contributed by atoms with Gasteiger partial charge >= 0.3 is 5.97 Å². The number of rotatable bonds is 6. The van der Waals surface area contributed by atoms with Gasteiger partial charge in [-0.05, 0) is 38.1 Å². The summed E-state index contributed by atoms with van der Waals surface area (Å²) in [7, 11) is 0. The van der Waals surface area contributed by atoms with Crippen molar-refractivity contribution < 1.29 is 24.5 Å². The lowest BCUT2D eigenvalue weighted by atomic mass is 10.2. The summed E-state index contributed by atoms with van der Waals surface area (Å²) in [5, 5.41) is 19.8. The van der Waals surface area contributed by atoms with Gasteiger partial charge in [-0.3, -0.25) is 4.79 Å². The van der Waals surface area contributed by atoms with Gasteiger partial charge in [-0.1, -0.05) is 0 Å². The highest BCUT2D eigenvalue weighted by Crippen LogP contribution is 2.13. The molecular weight excluding hydrogens is 250 g/mol. The molecule has 0 bridgehead atoms. The van der Waals surface area contributed by atoms with E-state index in [-0.39, 0.29) is 12.6 Å². The maximum atomic E-state index is 11.6. The van der Waals surface area contributed by atoms with E-state index in [1.807, 2.05) is 13.8 Å². The zero-order valence-corrected chi connectivity index (χ0v) is 10.8. The average molecular weight is 267 g/mol. The summed E-state index contributed by atoms with van der Waals surface area (Å²) in [4.78, 5) is 22.0. The van der Waals surface area contributed by atoms with Crippen molar-refractivity contribution in [3.8, 4) is 5.75 Å². The Bertz CT molecular complexity index is 441.